The summed E-state index contributed by atoms with van der Waals surface area (Å²) in [6, 6.07) is 6.82. The van der Waals surface area contributed by atoms with Gasteiger partial charge in [0, 0.05) is 28.3 Å². The number of hydrogen-bond acceptors (Lipinski definition) is 5. The molecule has 2 aromatic carbocycles. The van der Waals surface area contributed by atoms with E-state index in [-0.39, 0.29) is 21.0 Å². The van der Waals surface area contributed by atoms with Crippen molar-refractivity contribution < 1.29 is 26.8 Å². The number of Topliss-reactive ketones (excluding diaryl/α,β-unsaturated/α-hetero) is 2. The van der Waals surface area contributed by atoms with Gasteiger partial charge in [-0.2, -0.15) is 0 Å². The maximum absolute atomic E-state index is 13.9. The van der Waals surface area contributed by atoms with Gasteiger partial charge in [0.15, 0.2) is 5.78 Å². The van der Waals surface area contributed by atoms with E-state index in [0.717, 1.165) is 31.0 Å². The molecular weight excluding hydrogens is 372 g/mol. The molecule has 0 unspecified atom stereocenters. The molecule has 5 nitrogen and oxygen atoms in total. The van der Waals surface area contributed by atoms with E-state index in [1.165, 1.54) is 24.3 Å². The Kier molecular flexibility index (Phi) is 5.58. The van der Waals surface area contributed by atoms with E-state index in [1.807, 2.05) is 0 Å². The topological polar surface area (TPSA) is 80.3 Å². The van der Waals surface area contributed by atoms with Crippen LogP contribution in [0.3, 0.4) is 0 Å². The van der Waals surface area contributed by atoms with Crippen molar-refractivity contribution in [1.29, 1.82) is 0 Å². The lowest BCUT2D eigenvalue weighted by atomic mass is 10.1. The third-order valence-corrected chi connectivity index (χ3v) is 4.67. The number of hydrogen-bond donors (Lipinski definition) is 1. The lowest BCUT2D eigenvalue weighted by Crippen LogP contribution is -2.12. The molecule has 2 aromatic rings. The molecule has 1 N–H and O–H groups in total. The Balaban J connectivity index is 2.51. The molecule has 0 aliphatic carbocycles. The Morgan fingerprint density at radius 3 is 2.28 bits per heavy atom. The van der Waals surface area contributed by atoms with Gasteiger partial charge in [-0.05, 0) is 30.3 Å². The van der Waals surface area contributed by atoms with E-state index in [4.69, 9.17) is 0 Å². The molecule has 0 heterocycles. The van der Waals surface area contributed by atoms with Gasteiger partial charge in [0.1, 0.15) is 11.6 Å². The van der Waals surface area contributed by atoms with Gasteiger partial charge < -0.3 is 0 Å². The second kappa shape index (κ2) is 7.32. The molecule has 132 valence electrons. The molecule has 0 radical (unpaired) electrons. The molecule has 0 aliphatic heterocycles. The van der Waals surface area contributed by atoms with Crippen molar-refractivity contribution in [2.45, 2.75) is 16.7 Å². The van der Waals surface area contributed by atoms with Crippen LogP contribution in [0.2, 0.25) is 0 Å². The first kappa shape index (κ1) is 19.1. The molecule has 2 rings (SSSR count). The van der Waals surface area contributed by atoms with Crippen LogP contribution in [0.15, 0.2) is 46.2 Å². The molecule has 0 atom stereocenters. The largest absolute Gasteiger partial charge is 0.291 e. The zero-order valence-corrected chi connectivity index (χ0v) is 14.8. The summed E-state index contributed by atoms with van der Waals surface area (Å²) in [5, 5.41) is 0. The molecule has 0 spiro atoms. The van der Waals surface area contributed by atoms with E-state index in [2.05, 4.69) is 4.72 Å². The highest BCUT2D eigenvalue weighted by Gasteiger charge is 2.17. The van der Waals surface area contributed by atoms with Crippen molar-refractivity contribution >= 4 is 39.0 Å². The molecule has 9 heteroatoms. The van der Waals surface area contributed by atoms with Crippen molar-refractivity contribution in [3.05, 3.63) is 53.6 Å². The summed E-state index contributed by atoms with van der Waals surface area (Å²) in [5.74, 6) is -3.03. The fourth-order valence-corrected chi connectivity index (χ4v) is 3.50. The Bertz CT molecular complexity index is 959. The third-order valence-electron chi connectivity index (χ3n) is 2.97. The van der Waals surface area contributed by atoms with Crippen molar-refractivity contribution in [1.82, 2.24) is 0 Å². The zero-order valence-electron chi connectivity index (χ0n) is 13.2. The fourth-order valence-electron chi connectivity index (χ4n) is 1.91. The number of halogens is 2. The number of ketones is 2. The van der Waals surface area contributed by atoms with Crippen LogP contribution in [0.25, 0.3) is 0 Å². The SMILES string of the molecule is CC(=O)C(=O)c1ccc(NS(C)(=O)=O)c(Sc2ccc(F)cc2F)c1. The molecular formula is C16H13F2NO4S2. The first-order valence-electron chi connectivity index (χ1n) is 6.87. The first-order chi connectivity index (χ1) is 11.6. The summed E-state index contributed by atoms with van der Waals surface area (Å²) >= 11 is 0.801. The average Bonchev–Trinajstić information content (AvgIpc) is 2.49. The smallest absolute Gasteiger partial charge is 0.229 e. The van der Waals surface area contributed by atoms with Crippen molar-refractivity contribution in [2.24, 2.45) is 0 Å². The number of nitrogens with one attached hydrogen (secondary N) is 1. The van der Waals surface area contributed by atoms with Crippen molar-refractivity contribution in [2.75, 3.05) is 11.0 Å². The van der Waals surface area contributed by atoms with Crippen LogP contribution < -0.4 is 4.72 Å². The van der Waals surface area contributed by atoms with Gasteiger partial charge in [-0.15, -0.1) is 0 Å². The molecule has 0 bridgehead atoms. The van der Waals surface area contributed by atoms with E-state index >= 15 is 0 Å². The quantitative estimate of drug-likeness (QED) is 0.610. The summed E-state index contributed by atoms with van der Waals surface area (Å²) in [4.78, 5) is 23.3. The number of carbonyl (C=O) groups excluding carboxylic acids is 2. The third kappa shape index (κ3) is 5.10. The van der Waals surface area contributed by atoms with Crippen LogP contribution in [-0.2, 0) is 14.8 Å². The lowest BCUT2D eigenvalue weighted by molar-refractivity contribution is -0.113. The maximum Gasteiger partial charge on any atom is 0.229 e. The number of benzene rings is 2. The van der Waals surface area contributed by atoms with Crippen LogP contribution in [0.4, 0.5) is 14.5 Å². The summed E-state index contributed by atoms with van der Waals surface area (Å²) in [7, 11) is -3.63. The van der Waals surface area contributed by atoms with Gasteiger partial charge in [0.25, 0.3) is 0 Å². The van der Waals surface area contributed by atoms with Gasteiger partial charge in [-0.25, -0.2) is 17.2 Å². The fraction of sp³-hybridized carbons (Fsp3) is 0.125. The highest BCUT2D eigenvalue weighted by Crippen LogP contribution is 2.36. The lowest BCUT2D eigenvalue weighted by Gasteiger charge is -2.12. The first-order valence-corrected chi connectivity index (χ1v) is 9.57. The Morgan fingerprint density at radius 1 is 1.04 bits per heavy atom. The Morgan fingerprint density at radius 2 is 1.72 bits per heavy atom. The molecule has 0 amide bonds. The normalized spacial score (nSPS) is 11.2. The maximum atomic E-state index is 13.9. The van der Waals surface area contributed by atoms with E-state index in [1.54, 1.807) is 0 Å². The summed E-state index contributed by atoms with van der Waals surface area (Å²) < 4.78 is 52.1. The average molecular weight is 385 g/mol. The van der Waals surface area contributed by atoms with E-state index in [0.29, 0.717) is 6.07 Å². The van der Waals surface area contributed by atoms with Crippen LogP contribution in [0, 0.1) is 11.6 Å². The summed E-state index contributed by atoms with van der Waals surface area (Å²) in [6.45, 7) is 1.11. The van der Waals surface area contributed by atoms with Gasteiger partial charge in [-0.3, -0.25) is 14.3 Å². The molecule has 0 saturated heterocycles. The predicted molar refractivity (Wildman–Crippen MR) is 90.4 cm³/mol. The summed E-state index contributed by atoms with van der Waals surface area (Å²) in [6.07, 6.45) is 0.939. The predicted octanol–water partition coefficient (Wildman–Crippen LogP) is 3.26. The number of anilines is 1. The highest BCUT2D eigenvalue weighted by atomic mass is 32.2. The van der Waals surface area contributed by atoms with Crippen LogP contribution in [0.1, 0.15) is 17.3 Å². The Labute approximate surface area is 147 Å². The highest BCUT2D eigenvalue weighted by molar-refractivity contribution is 7.99. The molecule has 25 heavy (non-hydrogen) atoms. The standard InChI is InChI=1S/C16H13F2NO4S2/c1-9(20)16(21)10-3-5-13(19-25(2,22)23)15(7-10)24-14-6-4-11(17)8-12(14)18/h3-8,19H,1-2H3. The van der Waals surface area contributed by atoms with E-state index < -0.39 is 33.2 Å². The number of rotatable bonds is 6. The zero-order chi connectivity index (χ0) is 18.8. The second-order valence-electron chi connectivity index (χ2n) is 5.15. The van der Waals surface area contributed by atoms with Gasteiger partial charge in [0.2, 0.25) is 15.8 Å². The number of sulfonamides is 1. The second-order valence-corrected chi connectivity index (χ2v) is 7.98. The minimum atomic E-state index is -3.63. The monoisotopic (exact) mass is 385 g/mol. The van der Waals surface area contributed by atoms with Crippen molar-refractivity contribution in [3.63, 3.8) is 0 Å². The van der Waals surface area contributed by atoms with Crippen LogP contribution >= 0.6 is 11.8 Å². The number of carbonyl (C=O) groups is 2. The van der Waals surface area contributed by atoms with Crippen LogP contribution in [0.5, 0.6) is 0 Å². The Hall–Kier alpha value is -2.26. The van der Waals surface area contributed by atoms with Crippen LogP contribution in [-0.4, -0.2) is 26.2 Å². The van der Waals surface area contributed by atoms with Gasteiger partial charge in [-0.1, -0.05) is 11.8 Å². The van der Waals surface area contributed by atoms with Gasteiger partial charge in [0.05, 0.1) is 11.9 Å². The minimum absolute atomic E-state index is 0.0328. The van der Waals surface area contributed by atoms with Gasteiger partial charge >= 0.3 is 0 Å². The molecule has 0 aliphatic rings. The van der Waals surface area contributed by atoms with Crippen molar-refractivity contribution in [3.8, 4) is 0 Å². The summed E-state index contributed by atoms with van der Waals surface area (Å²) in [5.41, 5.74) is 0.146. The molecule has 0 saturated carbocycles. The molecule has 0 fully saturated rings. The van der Waals surface area contributed by atoms with E-state index in [9.17, 15) is 26.8 Å². The minimum Gasteiger partial charge on any atom is -0.291 e. The molecule has 0 aromatic heterocycles.